The van der Waals surface area contributed by atoms with E-state index in [1.807, 2.05) is 24.3 Å². The Hall–Kier alpha value is -3.40. The topological polar surface area (TPSA) is 104 Å². The average molecular weight is 440 g/mol. The van der Waals surface area contributed by atoms with Crippen molar-refractivity contribution in [3.05, 3.63) is 68.8 Å². The van der Waals surface area contributed by atoms with Crippen molar-refractivity contribution in [1.82, 2.24) is 0 Å². The lowest BCUT2D eigenvalue weighted by Gasteiger charge is -2.18. The number of benzene rings is 3. The summed E-state index contributed by atoms with van der Waals surface area (Å²) in [5.41, 5.74) is 0.145. The van der Waals surface area contributed by atoms with E-state index in [-0.39, 0.29) is 32.2 Å². The summed E-state index contributed by atoms with van der Waals surface area (Å²) in [4.78, 5) is 0. The van der Waals surface area contributed by atoms with Gasteiger partial charge in [-0.25, -0.2) is 0 Å². The molecule has 0 saturated carbocycles. The van der Waals surface area contributed by atoms with Crippen LogP contribution < -0.4 is 5.32 Å². The molecule has 0 bridgehead atoms. The lowest BCUT2D eigenvalue weighted by atomic mass is 9.95. The molecule has 0 amide bonds. The molecule has 0 radical (unpaired) electrons. The van der Waals surface area contributed by atoms with Gasteiger partial charge in [-0.2, -0.15) is 15.8 Å². The molecule has 0 aromatic heterocycles. The lowest BCUT2D eigenvalue weighted by molar-refractivity contribution is 0.478. The molecule has 0 unspecified atom stereocenters. The van der Waals surface area contributed by atoms with Gasteiger partial charge >= 0.3 is 0 Å². The number of halogens is 3. The molecule has 0 fully saturated rings. The van der Waals surface area contributed by atoms with Crippen LogP contribution in [-0.4, -0.2) is 5.11 Å². The van der Waals surface area contributed by atoms with E-state index < -0.39 is 5.57 Å². The molecular formula is C21H9Cl3N4O. The Kier molecular flexibility index (Phi) is 5.83. The molecule has 140 valence electrons. The molecular weight excluding hydrogens is 431 g/mol. The van der Waals surface area contributed by atoms with E-state index in [9.17, 15) is 10.4 Å². The van der Waals surface area contributed by atoms with E-state index >= 15 is 0 Å². The SMILES string of the molecule is N#CC(C#N)=C(C#N)Nc1c(-c2c(O)ccc3ccccc23)cc(Cl)c(Cl)c1Cl. The van der Waals surface area contributed by atoms with Crippen LogP contribution in [-0.2, 0) is 0 Å². The maximum Gasteiger partial charge on any atom is 0.163 e. The minimum absolute atomic E-state index is 0.0204. The number of nitriles is 3. The van der Waals surface area contributed by atoms with Crippen molar-refractivity contribution in [2.45, 2.75) is 0 Å². The normalized spacial score (nSPS) is 9.93. The number of allylic oxidation sites excluding steroid dienone is 2. The Morgan fingerprint density at radius 1 is 0.897 bits per heavy atom. The summed E-state index contributed by atoms with van der Waals surface area (Å²) >= 11 is 18.8. The van der Waals surface area contributed by atoms with Gasteiger partial charge in [0.05, 0.1) is 20.8 Å². The van der Waals surface area contributed by atoms with Crippen molar-refractivity contribution in [3.63, 3.8) is 0 Å². The second-order valence-electron chi connectivity index (χ2n) is 5.80. The zero-order valence-corrected chi connectivity index (χ0v) is 16.7. The van der Waals surface area contributed by atoms with Gasteiger partial charge in [0, 0.05) is 11.1 Å². The van der Waals surface area contributed by atoms with Gasteiger partial charge in [0.25, 0.3) is 0 Å². The van der Waals surface area contributed by atoms with Crippen LogP contribution in [0.1, 0.15) is 0 Å². The Bertz CT molecular complexity index is 1290. The number of nitrogens with zero attached hydrogens (tertiary/aromatic N) is 3. The number of nitrogens with one attached hydrogen (secondary N) is 1. The molecule has 3 aromatic carbocycles. The highest BCUT2D eigenvalue weighted by molar-refractivity contribution is 6.49. The molecule has 2 N–H and O–H groups in total. The van der Waals surface area contributed by atoms with Gasteiger partial charge in [0.2, 0.25) is 0 Å². The fourth-order valence-corrected chi connectivity index (χ4v) is 3.52. The minimum Gasteiger partial charge on any atom is -0.507 e. The van der Waals surface area contributed by atoms with Crippen LogP contribution in [0.2, 0.25) is 15.1 Å². The van der Waals surface area contributed by atoms with Crippen LogP contribution in [0.25, 0.3) is 21.9 Å². The summed E-state index contributed by atoms with van der Waals surface area (Å²) in [7, 11) is 0. The van der Waals surface area contributed by atoms with Gasteiger partial charge in [-0.3, -0.25) is 0 Å². The number of aromatic hydroxyl groups is 1. The molecule has 0 aliphatic carbocycles. The predicted molar refractivity (Wildman–Crippen MR) is 114 cm³/mol. The Balaban J connectivity index is 2.41. The number of rotatable bonds is 3. The van der Waals surface area contributed by atoms with Crippen molar-refractivity contribution < 1.29 is 5.11 Å². The maximum atomic E-state index is 10.6. The average Bonchev–Trinajstić information content (AvgIpc) is 2.73. The molecule has 0 saturated heterocycles. The zero-order chi connectivity index (χ0) is 21.1. The molecule has 0 atom stereocenters. The van der Waals surface area contributed by atoms with Crippen molar-refractivity contribution in [2.75, 3.05) is 5.32 Å². The first kappa shape index (κ1) is 20.3. The highest BCUT2D eigenvalue weighted by Gasteiger charge is 2.21. The first-order chi connectivity index (χ1) is 13.9. The van der Waals surface area contributed by atoms with E-state index in [1.165, 1.54) is 12.1 Å². The summed E-state index contributed by atoms with van der Waals surface area (Å²) < 4.78 is 0. The Morgan fingerprint density at radius 3 is 2.24 bits per heavy atom. The monoisotopic (exact) mass is 438 g/mol. The number of hydrogen-bond acceptors (Lipinski definition) is 5. The second kappa shape index (κ2) is 8.31. The van der Waals surface area contributed by atoms with Crippen molar-refractivity contribution in [3.8, 4) is 35.1 Å². The summed E-state index contributed by atoms with van der Waals surface area (Å²) in [5, 5.41) is 42.6. The molecule has 5 nitrogen and oxygen atoms in total. The van der Waals surface area contributed by atoms with Crippen LogP contribution in [0.4, 0.5) is 5.69 Å². The van der Waals surface area contributed by atoms with Gasteiger partial charge in [0.15, 0.2) is 5.57 Å². The maximum absolute atomic E-state index is 10.6. The molecule has 0 aliphatic heterocycles. The van der Waals surface area contributed by atoms with Gasteiger partial charge in [-0.15, -0.1) is 0 Å². The van der Waals surface area contributed by atoms with Crippen LogP contribution in [0.5, 0.6) is 5.75 Å². The summed E-state index contributed by atoms with van der Waals surface area (Å²) in [6, 6.07) is 17.2. The minimum atomic E-state index is -0.428. The highest BCUT2D eigenvalue weighted by Crippen LogP contribution is 2.47. The number of phenolic OH excluding ortho intramolecular Hbond substituents is 1. The van der Waals surface area contributed by atoms with Crippen molar-refractivity contribution in [1.29, 1.82) is 15.8 Å². The third-order valence-corrected chi connectivity index (χ3v) is 5.44. The molecule has 3 rings (SSSR count). The number of phenols is 1. The number of anilines is 1. The lowest BCUT2D eigenvalue weighted by Crippen LogP contribution is -2.04. The fraction of sp³-hybridized carbons (Fsp3) is 0. The first-order valence-corrected chi connectivity index (χ1v) is 9.16. The number of hydrogen-bond donors (Lipinski definition) is 2. The molecule has 0 aliphatic rings. The predicted octanol–water partition coefficient (Wildman–Crippen LogP) is 6.41. The number of fused-ring (bicyclic) bond motifs is 1. The van der Waals surface area contributed by atoms with Gasteiger partial charge in [-0.05, 0) is 22.9 Å². The zero-order valence-electron chi connectivity index (χ0n) is 14.5. The van der Waals surface area contributed by atoms with Crippen molar-refractivity contribution in [2.24, 2.45) is 0 Å². The molecule has 3 aromatic rings. The van der Waals surface area contributed by atoms with Crippen LogP contribution >= 0.6 is 34.8 Å². The van der Waals surface area contributed by atoms with E-state index in [2.05, 4.69) is 5.32 Å². The fourth-order valence-electron chi connectivity index (χ4n) is 2.87. The van der Waals surface area contributed by atoms with Crippen LogP contribution in [0, 0.1) is 34.0 Å². The quantitative estimate of drug-likeness (QED) is 0.362. The van der Waals surface area contributed by atoms with E-state index in [0.29, 0.717) is 16.5 Å². The summed E-state index contributed by atoms with van der Waals surface area (Å²) in [6.45, 7) is 0. The first-order valence-electron chi connectivity index (χ1n) is 8.03. The molecule has 0 spiro atoms. The molecule has 29 heavy (non-hydrogen) atoms. The van der Waals surface area contributed by atoms with Gasteiger partial charge in [0.1, 0.15) is 29.7 Å². The molecule has 8 heteroatoms. The van der Waals surface area contributed by atoms with E-state index in [0.717, 1.165) is 5.39 Å². The Morgan fingerprint density at radius 2 is 1.59 bits per heavy atom. The van der Waals surface area contributed by atoms with Crippen LogP contribution in [0.15, 0.2) is 53.7 Å². The second-order valence-corrected chi connectivity index (χ2v) is 6.96. The third kappa shape index (κ3) is 3.66. The standard InChI is InChI=1S/C21H9Cl3N4O/c22-15-7-14(18-13-4-2-1-3-11(13)5-6-17(18)29)21(20(24)19(15)23)28-16(10-27)12(8-25)9-26/h1-7,28-29H. The van der Waals surface area contributed by atoms with Gasteiger partial charge < -0.3 is 10.4 Å². The van der Waals surface area contributed by atoms with Crippen molar-refractivity contribution >= 4 is 51.3 Å². The van der Waals surface area contributed by atoms with Gasteiger partial charge in [-0.1, -0.05) is 65.1 Å². The van der Waals surface area contributed by atoms with E-state index in [1.54, 1.807) is 24.3 Å². The Labute approximate surface area is 181 Å². The summed E-state index contributed by atoms with van der Waals surface area (Å²) in [6.07, 6.45) is 0. The summed E-state index contributed by atoms with van der Waals surface area (Å²) in [5.74, 6) is -0.0514. The smallest absolute Gasteiger partial charge is 0.163 e. The van der Waals surface area contributed by atoms with E-state index in [4.69, 9.17) is 45.3 Å². The largest absolute Gasteiger partial charge is 0.507 e. The molecule has 0 heterocycles. The highest BCUT2D eigenvalue weighted by atomic mass is 35.5. The van der Waals surface area contributed by atoms with Crippen LogP contribution in [0.3, 0.4) is 0 Å². The third-order valence-electron chi connectivity index (χ3n) is 4.17.